The van der Waals surface area contributed by atoms with Crippen molar-refractivity contribution in [3.8, 4) is 0 Å². The zero-order valence-electron chi connectivity index (χ0n) is 17.9. The van der Waals surface area contributed by atoms with Crippen molar-refractivity contribution in [2.24, 2.45) is 0 Å². The summed E-state index contributed by atoms with van der Waals surface area (Å²) in [5, 5.41) is 0.681. The largest absolute Gasteiger partial charge is 0.364 e. The van der Waals surface area contributed by atoms with Gasteiger partial charge in [-0.2, -0.15) is 0 Å². The van der Waals surface area contributed by atoms with Crippen LogP contribution in [0.15, 0.2) is 42.1 Å². The number of hydrogen-bond donors (Lipinski definition) is 0. The molecule has 0 unspecified atom stereocenters. The molecule has 0 bridgehead atoms. The van der Waals surface area contributed by atoms with Crippen molar-refractivity contribution in [3.05, 3.63) is 68.8 Å². The average molecular weight is 458 g/mol. The molecular weight excluding hydrogens is 433 g/mol. The summed E-state index contributed by atoms with van der Waals surface area (Å²) < 4.78 is 0. The Kier molecular flexibility index (Phi) is 6.11. The van der Waals surface area contributed by atoms with Crippen LogP contribution in [-0.2, 0) is 9.59 Å². The van der Waals surface area contributed by atoms with E-state index in [-0.39, 0.29) is 11.8 Å². The molecule has 0 aliphatic carbocycles. The Morgan fingerprint density at radius 2 is 1.55 bits per heavy atom. The number of nitrogens with zero attached hydrogens (tertiary/aromatic N) is 3. The van der Waals surface area contributed by atoms with Crippen molar-refractivity contribution in [2.75, 3.05) is 37.6 Å². The van der Waals surface area contributed by atoms with Gasteiger partial charge >= 0.3 is 0 Å². The van der Waals surface area contributed by atoms with E-state index in [4.69, 9.17) is 23.2 Å². The molecule has 2 aromatic rings. The molecule has 4 rings (SSSR count). The molecule has 0 spiro atoms. The maximum atomic E-state index is 13.6. The van der Waals surface area contributed by atoms with E-state index in [0.717, 1.165) is 36.3 Å². The van der Waals surface area contributed by atoms with Crippen LogP contribution in [0.4, 0.5) is 5.69 Å². The van der Waals surface area contributed by atoms with E-state index >= 15 is 0 Å². The highest BCUT2D eigenvalue weighted by molar-refractivity contribution is 6.46. The van der Waals surface area contributed by atoms with Crippen molar-refractivity contribution >= 4 is 46.3 Å². The fourth-order valence-electron chi connectivity index (χ4n) is 4.11. The molecule has 2 aliphatic rings. The smallest absolute Gasteiger partial charge is 0.282 e. The number of piperazine rings is 1. The van der Waals surface area contributed by atoms with E-state index in [1.54, 1.807) is 18.2 Å². The normalized spacial score (nSPS) is 17.8. The van der Waals surface area contributed by atoms with Gasteiger partial charge in [0.25, 0.3) is 11.8 Å². The Hall–Kier alpha value is -2.34. The molecule has 7 heteroatoms. The molecule has 1 fully saturated rings. The van der Waals surface area contributed by atoms with E-state index < -0.39 is 0 Å². The summed E-state index contributed by atoms with van der Waals surface area (Å²) in [6.45, 7) is 10.3. The Morgan fingerprint density at radius 3 is 2.16 bits per heavy atom. The molecule has 1 saturated heterocycles. The van der Waals surface area contributed by atoms with Gasteiger partial charge < -0.3 is 9.80 Å². The van der Waals surface area contributed by atoms with Crippen molar-refractivity contribution in [1.82, 2.24) is 9.80 Å². The number of halogens is 2. The predicted molar refractivity (Wildman–Crippen MR) is 125 cm³/mol. The van der Waals surface area contributed by atoms with Crippen LogP contribution in [0.25, 0.3) is 5.57 Å². The number of amides is 2. The molecule has 2 amide bonds. The summed E-state index contributed by atoms with van der Waals surface area (Å²) in [6, 6.07) is 10.7. The molecule has 0 N–H and O–H groups in total. The maximum absolute atomic E-state index is 13.6. The van der Waals surface area contributed by atoms with E-state index in [1.165, 1.54) is 4.90 Å². The molecule has 2 aromatic carbocycles. The minimum Gasteiger partial charge on any atom is -0.364 e. The van der Waals surface area contributed by atoms with E-state index in [1.807, 2.05) is 32.0 Å². The lowest BCUT2D eigenvalue weighted by atomic mass is 9.99. The summed E-state index contributed by atoms with van der Waals surface area (Å²) in [7, 11) is 0. The van der Waals surface area contributed by atoms with E-state index in [2.05, 4.69) is 16.7 Å². The molecule has 0 saturated carbocycles. The van der Waals surface area contributed by atoms with Crippen LogP contribution in [0.5, 0.6) is 0 Å². The number of benzene rings is 2. The van der Waals surface area contributed by atoms with Gasteiger partial charge in [0.2, 0.25) is 0 Å². The topological polar surface area (TPSA) is 43.9 Å². The summed E-state index contributed by atoms with van der Waals surface area (Å²) in [6.07, 6.45) is 0. The van der Waals surface area contributed by atoms with Crippen molar-refractivity contribution in [3.63, 3.8) is 0 Å². The Morgan fingerprint density at radius 1 is 0.839 bits per heavy atom. The van der Waals surface area contributed by atoms with Gasteiger partial charge in [0.1, 0.15) is 5.70 Å². The van der Waals surface area contributed by atoms with Crippen LogP contribution < -0.4 is 4.90 Å². The Bertz CT molecular complexity index is 1090. The molecule has 162 valence electrons. The van der Waals surface area contributed by atoms with E-state index in [0.29, 0.717) is 40.1 Å². The molecule has 31 heavy (non-hydrogen) atoms. The lowest BCUT2D eigenvalue weighted by Gasteiger charge is -2.36. The van der Waals surface area contributed by atoms with Gasteiger partial charge in [0.15, 0.2) is 0 Å². The number of carbonyl (C=O) groups excluding carboxylic acids is 2. The SMILES string of the molecule is CCN1CCN(C2=C(c3ccc(C)c(C)c3)C(=O)N(c3ccc(Cl)c(Cl)c3)C2=O)CC1. The first-order chi connectivity index (χ1) is 14.8. The standard InChI is InChI=1S/C24H25Cl2N3O2/c1-4-27-9-11-28(12-10-27)22-21(17-6-5-15(2)16(3)13-17)23(30)29(24(22)31)18-7-8-19(25)20(26)14-18/h5-8,13-14H,4,9-12H2,1-3H3. The number of carbonyl (C=O) groups is 2. The van der Waals surface area contributed by atoms with Gasteiger partial charge in [0.05, 0.1) is 21.3 Å². The summed E-state index contributed by atoms with van der Waals surface area (Å²) >= 11 is 12.2. The van der Waals surface area contributed by atoms with Gasteiger partial charge in [-0.1, -0.05) is 48.3 Å². The maximum Gasteiger partial charge on any atom is 0.282 e. The molecule has 0 atom stereocenters. The minimum absolute atomic E-state index is 0.303. The molecule has 0 radical (unpaired) electrons. The summed E-state index contributed by atoms with van der Waals surface area (Å²) in [5.74, 6) is -0.652. The zero-order valence-corrected chi connectivity index (χ0v) is 19.4. The monoisotopic (exact) mass is 457 g/mol. The van der Waals surface area contributed by atoms with Crippen molar-refractivity contribution in [1.29, 1.82) is 0 Å². The van der Waals surface area contributed by atoms with Gasteiger partial charge in [-0.15, -0.1) is 0 Å². The third-order valence-corrected chi connectivity index (χ3v) is 6.89. The third kappa shape index (κ3) is 3.98. The number of imide groups is 1. The number of anilines is 1. The number of rotatable bonds is 4. The average Bonchev–Trinajstić information content (AvgIpc) is 3.02. The highest BCUT2D eigenvalue weighted by Crippen LogP contribution is 2.37. The number of likely N-dealkylation sites (N-methyl/N-ethyl adjacent to an activating group) is 1. The van der Waals surface area contributed by atoms with E-state index in [9.17, 15) is 9.59 Å². The quantitative estimate of drug-likeness (QED) is 0.632. The Labute approximate surface area is 192 Å². The molecular formula is C24H25Cl2N3O2. The first-order valence-corrected chi connectivity index (χ1v) is 11.2. The van der Waals surface area contributed by atoms with Gasteiger partial charge in [-0.25, -0.2) is 4.90 Å². The predicted octanol–water partition coefficient (Wildman–Crippen LogP) is 4.53. The molecule has 0 aromatic heterocycles. The molecule has 2 heterocycles. The first kappa shape index (κ1) is 21.9. The van der Waals surface area contributed by atoms with Crippen LogP contribution in [-0.4, -0.2) is 54.3 Å². The van der Waals surface area contributed by atoms with Crippen LogP contribution in [0.1, 0.15) is 23.6 Å². The Balaban J connectivity index is 1.81. The number of hydrogen-bond acceptors (Lipinski definition) is 4. The number of aryl methyl sites for hydroxylation is 2. The molecule has 5 nitrogen and oxygen atoms in total. The summed E-state index contributed by atoms with van der Waals surface area (Å²) in [4.78, 5) is 32.8. The van der Waals surface area contributed by atoms with Gasteiger partial charge in [0, 0.05) is 26.2 Å². The second-order valence-corrected chi connectivity index (χ2v) is 8.80. The van der Waals surface area contributed by atoms with Crippen LogP contribution in [0.2, 0.25) is 10.0 Å². The fourth-order valence-corrected chi connectivity index (χ4v) is 4.41. The van der Waals surface area contributed by atoms with Crippen LogP contribution in [0, 0.1) is 13.8 Å². The summed E-state index contributed by atoms with van der Waals surface area (Å²) in [5.41, 5.74) is 4.32. The second kappa shape index (κ2) is 8.65. The molecule has 2 aliphatic heterocycles. The second-order valence-electron chi connectivity index (χ2n) is 7.99. The lowest BCUT2D eigenvalue weighted by Crippen LogP contribution is -2.47. The third-order valence-electron chi connectivity index (χ3n) is 6.15. The van der Waals surface area contributed by atoms with Gasteiger partial charge in [-0.3, -0.25) is 9.59 Å². The van der Waals surface area contributed by atoms with Crippen molar-refractivity contribution < 1.29 is 9.59 Å². The van der Waals surface area contributed by atoms with Crippen LogP contribution in [0.3, 0.4) is 0 Å². The lowest BCUT2D eigenvalue weighted by molar-refractivity contribution is -0.120. The van der Waals surface area contributed by atoms with Gasteiger partial charge in [-0.05, 0) is 55.3 Å². The fraction of sp³-hybridized carbons (Fsp3) is 0.333. The first-order valence-electron chi connectivity index (χ1n) is 10.4. The zero-order chi connectivity index (χ0) is 22.3. The van der Waals surface area contributed by atoms with Crippen LogP contribution >= 0.6 is 23.2 Å². The highest BCUT2D eigenvalue weighted by Gasteiger charge is 2.43. The highest BCUT2D eigenvalue weighted by atomic mass is 35.5. The van der Waals surface area contributed by atoms with Crippen molar-refractivity contribution in [2.45, 2.75) is 20.8 Å². The minimum atomic E-state index is -0.334.